The Morgan fingerprint density at radius 2 is 2.23 bits per heavy atom. The maximum atomic E-state index is 12.1. The Labute approximate surface area is 149 Å². The quantitative estimate of drug-likeness (QED) is 0.507. The molecule has 1 aliphatic heterocycles. The van der Waals surface area contributed by atoms with E-state index >= 15 is 0 Å². The molecular weight excluding hydrogens is 338 g/mol. The normalized spacial score (nSPS) is 17.2. The molecule has 3 rings (SSSR count). The molecule has 26 heavy (non-hydrogen) atoms. The summed E-state index contributed by atoms with van der Waals surface area (Å²) in [4.78, 5) is 39.2. The zero-order chi connectivity index (χ0) is 18.4. The molecular formula is C16H23N7O3. The minimum absolute atomic E-state index is 0.247. The second-order valence-electron chi connectivity index (χ2n) is 6.41. The Morgan fingerprint density at radius 3 is 3.00 bits per heavy atom. The van der Waals surface area contributed by atoms with Gasteiger partial charge in [-0.2, -0.15) is 0 Å². The summed E-state index contributed by atoms with van der Waals surface area (Å²) in [7, 11) is 0. The number of hydrogen-bond acceptors (Lipinski definition) is 6. The molecule has 0 radical (unpaired) electrons. The number of aromatic nitrogens is 5. The Balaban J connectivity index is 1.45. The third-order valence-electron chi connectivity index (χ3n) is 4.47. The molecule has 0 spiro atoms. The highest BCUT2D eigenvalue weighted by Gasteiger charge is 2.14. The lowest BCUT2D eigenvalue weighted by Gasteiger charge is -2.23. The van der Waals surface area contributed by atoms with Crippen LogP contribution in [-0.4, -0.2) is 50.0 Å². The van der Waals surface area contributed by atoms with E-state index in [1.54, 1.807) is 10.9 Å². The highest BCUT2D eigenvalue weighted by atomic mass is 16.2. The molecule has 2 aromatic rings. The van der Waals surface area contributed by atoms with Gasteiger partial charge in [0, 0.05) is 30.9 Å². The van der Waals surface area contributed by atoms with Gasteiger partial charge in [-0.15, -0.1) is 5.10 Å². The van der Waals surface area contributed by atoms with Gasteiger partial charge in [0.2, 0.25) is 0 Å². The van der Waals surface area contributed by atoms with Crippen molar-refractivity contribution in [1.82, 2.24) is 35.6 Å². The lowest BCUT2D eigenvalue weighted by molar-refractivity contribution is 0.0949. The van der Waals surface area contributed by atoms with Gasteiger partial charge in [0.15, 0.2) is 5.69 Å². The number of piperidine rings is 1. The van der Waals surface area contributed by atoms with Crippen LogP contribution in [0.1, 0.15) is 41.7 Å². The second kappa shape index (κ2) is 8.56. The monoisotopic (exact) mass is 361 g/mol. The van der Waals surface area contributed by atoms with Crippen molar-refractivity contribution in [3.05, 3.63) is 44.5 Å². The van der Waals surface area contributed by atoms with Crippen molar-refractivity contribution >= 4 is 5.91 Å². The molecule has 2 aromatic heterocycles. The summed E-state index contributed by atoms with van der Waals surface area (Å²) in [6.45, 7) is 2.03. The third kappa shape index (κ3) is 4.88. The number of H-pyrrole nitrogens is 2. The van der Waals surface area contributed by atoms with Crippen LogP contribution in [0.5, 0.6) is 0 Å². The lowest BCUT2D eigenvalue weighted by atomic mass is 10.0. The standard InChI is InChI=1S/C16H23N7O3/c24-14-11(9-19-16(26)20-14)4-7-18-15(25)13-10-23(22-21-13)8-5-12-3-1-2-6-17-12/h9-10,12,17H,1-8H2,(H,18,25)(H2,19,20,24,26). The summed E-state index contributed by atoms with van der Waals surface area (Å²) < 4.78 is 1.68. The van der Waals surface area contributed by atoms with Crippen LogP contribution in [0.15, 0.2) is 22.0 Å². The summed E-state index contributed by atoms with van der Waals surface area (Å²) in [6, 6.07) is 0.501. The van der Waals surface area contributed by atoms with Crippen molar-refractivity contribution in [3.63, 3.8) is 0 Å². The topological polar surface area (TPSA) is 138 Å². The summed E-state index contributed by atoms with van der Waals surface area (Å²) >= 11 is 0. The van der Waals surface area contributed by atoms with Gasteiger partial charge in [0.1, 0.15) is 0 Å². The van der Waals surface area contributed by atoms with Crippen molar-refractivity contribution in [3.8, 4) is 0 Å². The number of nitrogens with one attached hydrogen (secondary N) is 4. The molecule has 4 N–H and O–H groups in total. The number of hydrogen-bond donors (Lipinski definition) is 4. The predicted octanol–water partition coefficient (Wildman–Crippen LogP) is -0.841. The first-order valence-corrected chi connectivity index (χ1v) is 8.84. The average Bonchev–Trinajstić information content (AvgIpc) is 3.12. The fraction of sp³-hybridized carbons (Fsp3) is 0.562. The first kappa shape index (κ1) is 18.1. The van der Waals surface area contributed by atoms with Crippen LogP contribution >= 0.6 is 0 Å². The van der Waals surface area contributed by atoms with Gasteiger partial charge in [-0.1, -0.05) is 11.6 Å². The highest BCUT2D eigenvalue weighted by Crippen LogP contribution is 2.10. The van der Waals surface area contributed by atoms with Gasteiger partial charge in [0.25, 0.3) is 11.5 Å². The number of aromatic amines is 2. The summed E-state index contributed by atoms with van der Waals surface area (Å²) in [5, 5.41) is 14.1. The number of carbonyl (C=O) groups is 1. The molecule has 0 saturated carbocycles. The molecule has 0 bridgehead atoms. The molecule has 1 aliphatic rings. The van der Waals surface area contributed by atoms with E-state index in [1.807, 2.05) is 0 Å². The van der Waals surface area contributed by atoms with Crippen molar-refractivity contribution in [2.45, 2.75) is 44.7 Å². The van der Waals surface area contributed by atoms with E-state index in [1.165, 1.54) is 25.5 Å². The van der Waals surface area contributed by atoms with E-state index < -0.39 is 11.2 Å². The summed E-state index contributed by atoms with van der Waals surface area (Å²) in [5.74, 6) is -0.340. The van der Waals surface area contributed by atoms with Crippen LogP contribution < -0.4 is 21.9 Å². The van der Waals surface area contributed by atoms with E-state index in [2.05, 4.69) is 30.9 Å². The SMILES string of the molecule is O=C(NCCc1c[nH]c(=O)[nH]c1=O)c1cn(CCC2CCCCN2)nn1. The van der Waals surface area contributed by atoms with Gasteiger partial charge in [-0.25, -0.2) is 4.79 Å². The number of amides is 1. The predicted molar refractivity (Wildman–Crippen MR) is 94.0 cm³/mol. The van der Waals surface area contributed by atoms with Gasteiger partial charge in [0.05, 0.1) is 6.20 Å². The zero-order valence-electron chi connectivity index (χ0n) is 14.5. The maximum Gasteiger partial charge on any atom is 0.325 e. The van der Waals surface area contributed by atoms with Crippen LogP contribution in [0.2, 0.25) is 0 Å². The first-order chi connectivity index (χ1) is 12.6. The smallest absolute Gasteiger partial charge is 0.325 e. The summed E-state index contributed by atoms with van der Waals surface area (Å²) in [5.41, 5.74) is -0.362. The number of aryl methyl sites for hydroxylation is 1. The van der Waals surface area contributed by atoms with E-state index in [0.29, 0.717) is 24.6 Å². The molecule has 0 aromatic carbocycles. The van der Waals surface area contributed by atoms with Crippen LogP contribution in [0.4, 0.5) is 0 Å². The number of nitrogens with zero attached hydrogens (tertiary/aromatic N) is 3. The Kier molecular flexibility index (Phi) is 5.95. The molecule has 10 heteroatoms. The maximum absolute atomic E-state index is 12.1. The van der Waals surface area contributed by atoms with E-state index in [4.69, 9.17) is 0 Å². The number of rotatable bonds is 7. The molecule has 1 fully saturated rings. The van der Waals surface area contributed by atoms with Crippen molar-refractivity contribution in [1.29, 1.82) is 0 Å². The van der Waals surface area contributed by atoms with Gasteiger partial charge >= 0.3 is 5.69 Å². The Bertz CT molecular complexity index is 848. The van der Waals surface area contributed by atoms with Crippen molar-refractivity contribution < 1.29 is 4.79 Å². The molecule has 10 nitrogen and oxygen atoms in total. The summed E-state index contributed by atoms with van der Waals surface area (Å²) in [6.07, 6.45) is 7.90. The van der Waals surface area contributed by atoms with E-state index in [0.717, 1.165) is 13.0 Å². The lowest BCUT2D eigenvalue weighted by Crippen LogP contribution is -2.34. The minimum atomic E-state index is -0.553. The fourth-order valence-electron chi connectivity index (χ4n) is 2.99. The Morgan fingerprint density at radius 1 is 1.35 bits per heavy atom. The van der Waals surface area contributed by atoms with Crippen molar-refractivity contribution in [2.24, 2.45) is 0 Å². The first-order valence-electron chi connectivity index (χ1n) is 8.84. The van der Waals surface area contributed by atoms with Gasteiger partial charge in [-0.05, 0) is 32.2 Å². The van der Waals surface area contributed by atoms with Crippen LogP contribution in [0.25, 0.3) is 0 Å². The fourth-order valence-corrected chi connectivity index (χ4v) is 2.99. The molecule has 1 amide bonds. The molecule has 140 valence electrons. The molecule has 3 heterocycles. The molecule has 1 atom stereocenters. The highest BCUT2D eigenvalue weighted by molar-refractivity contribution is 5.91. The van der Waals surface area contributed by atoms with Gasteiger partial charge < -0.3 is 15.6 Å². The molecule has 0 aliphatic carbocycles. The molecule has 1 unspecified atom stereocenters. The zero-order valence-corrected chi connectivity index (χ0v) is 14.5. The van der Waals surface area contributed by atoms with Crippen LogP contribution in [0.3, 0.4) is 0 Å². The second-order valence-corrected chi connectivity index (χ2v) is 6.41. The van der Waals surface area contributed by atoms with Crippen LogP contribution in [-0.2, 0) is 13.0 Å². The average molecular weight is 361 g/mol. The van der Waals surface area contributed by atoms with E-state index in [-0.39, 0.29) is 18.1 Å². The third-order valence-corrected chi connectivity index (χ3v) is 4.47. The minimum Gasteiger partial charge on any atom is -0.350 e. The Hall–Kier alpha value is -2.75. The van der Waals surface area contributed by atoms with E-state index in [9.17, 15) is 14.4 Å². The van der Waals surface area contributed by atoms with Crippen LogP contribution in [0, 0.1) is 0 Å². The largest absolute Gasteiger partial charge is 0.350 e. The molecule has 1 saturated heterocycles. The number of carbonyl (C=O) groups excluding carboxylic acids is 1. The van der Waals surface area contributed by atoms with Crippen molar-refractivity contribution in [2.75, 3.05) is 13.1 Å². The van der Waals surface area contributed by atoms with Gasteiger partial charge in [-0.3, -0.25) is 19.3 Å².